The molecule has 0 atom stereocenters. The van der Waals surface area contributed by atoms with Crippen LogP contribution in [0.5, 0.6) is 5.75 Å². The normalized spacial score (nSPS) is 15.2. The molecule has 0 N–H and O–H groups in total. The number of rotatable bonds is 5. The van der Waals surface area contributed by atoms with Gasteiger partial charge in [-0.15, -0.1) is 11.6 Å². The summed E-state index contributed by atoms with van der Waals surface area (Å²) >= 11 is 5.85. The van der Waals surface area contributed by atoms with Crippen LogP contribution in [0.4, 0.5) is 0 Å². The molecule has 1 aliphatic heterocycles. The fourth-order valence-corrected chi connectivity index (χ4v) is 2.12. The molecule has 1 aromatic carbocycles. The first-order valence-corrected chi connectivity index (χ1v) is 7.00. The van der Waals surface area contributed by atoms with Gasteiger partial charge in [0, 0.05) is 6.08 Å². The van der Waals surface area contributed by atoms with Gasteiger partial charge >= 0.3 is 0 Å². The summed E-state index contributed by atoms with van der Waals surface area (Å²) in [4.78, 5) is 12.0. The Kier molecular flexibility index (Phi) is 5.22. The molecule has 0 aromatic heterocycles. The van der Waals surface area contributed by atoms with Gasteiger partial charge in [0.05, 0.1) is 32.4 Å². The van der Waals surface area contributed by atoms with E-state index in [0.29, 0.717) is 12.3 Å². The third-order valence-electron chi connectivity index (χ3n) is 3.05. The van der Waals surface area contributed by atoms with E-state index < -0.39 is 0 Å². The van der Waals surface area contributed by atoms with Gasteiger partial charge in [0.1, 0.15) is 12.3 Å². The van der Waals surface area contributed by atoms with E-state index in [1.807, 2.05) is 24.3 Å². The molecule has 6 heteroatoms. The Morgan fingerprint density at radius 3 is 2.52 bits per heavy atom. The van der Waals surface area contributed by atoms with E-state index in [0.717, 1.165) is 11.3 Å². The Morgan fingerprint density at radius 1 is 1.24 bits per heavy atom. The number of halogens is 1. The molecule has 0 spiro atoms. The van der Waals surface area contributed by atoms with Gasteiger partial charge in [-0.3, -0.25) is 9.80 Å². The van der Waals surface area contributed by atoms with Crippen molar-refractivity contribution >= 4 is 23.1 Å². The second kappa shape index (κ2) is 7.13. The number of ketones is 1. The van der Waals surface area contributed by atoms with E-state index in [2.05, 4.69) is 5.10 Å². The summed E-state index contributed by atoms with van der Waals surface area (Å²) in [5, 5.41) is 6.07. The minimum atomic E-state index is -0.116. The number of methoxy groups -OCH3 is 2. The lowest BCUT2D eigenvalue weighted by atomic mass is 10.2. The van der Waals surface area contributed by atoms with Gasteiger partial charge < -0.3 is 9.47 Å². The molecule has 0 aliphatic carbocycles. The first-order valence-electron chi connectivity index (χ1n) is 6.46. The molecule has 2 rings (SSSR count). The predicted molar refractivity (Wildman–Crippen MR) is 81.7 cm³/mol. The quantitative estimate of drug-likeness (QED) is 0.783. The molecular formula is C15H17ClN2O3. The highest BCUT2D eigenvalue weighted by Crippen LogP contribution is 2.15. The number of hydrazone groups is 1. The molecule has 0 unspecified atom stereocenters. The van der Waals surface area contributed by atoms with Crippen molar-refractivity contribution in [1.29, 1.82) is 0 Å². The molecule has 0 saturated carbocycles. The van der Waals surface area contributed by atoms with Gasteiger partial charge in [-0.25, -0.2) is 0 Å². The molecule has 0 fully saturated rings. The van der Waals surface area contributed by atoms with Gasteiger partial charge in [0.2, 0.25) is 5.78 Å². The van der Waals surface area contributed by atoms with Crippen LogP contribution >= 0.6 is 11.6 Å². The van der Waals surface area contributed by atoms with Crippen LogP contribution in [-0.4, -0.2) is 43.1 Å². The van der Waals surface area contributed by atoms with E-state index in [9.17, 15) is 4.79 Å². The average molecular weight is 309 g/mol. The minimum absolute atomic E-state index is 0.116. The number of carbonyl (C=O) groups is 1. The topological polar surface area (TPSA) is 51.1 Å². The monoisotopic (exact) mass is 308 g/mol. The minimum Gasteiger partial charge on any atom is -0.497 e. The number of hydrogen-bond acceptors (Lipinski definition) is 5. The lowest BCUT2D eigenvalue weighted by molar-refractivity contribution is -0.119. The SMILES string of the molecule is COC1=CC(CCl)=NN(Cc2ccc(OC)cc2)CC1=O. The molecule has 21 heavy (non-hydrogen) atoms. The Bertz CT molecular complexity index is 567. The number of ether oxygens (including phenoxy) is 2. The van der Waals surface area contributed by atoms with Crippen molar-refractivity contribution in [3.63, 3.8) is 0 Å². The van der Waals surface area contributed by atoms with E-state index in [4.69, 9.17) is 21.1 Å². The molecule has 0 amide bonds. The zero-order valence-electron chi connectivity index (χ0n) is 12.0. The summed E-state index contributed by atoms with van der Waals surface area (Å²) in [6.45, 7) is 0.674. The number of carbonyl (C=O) groups excluding carboxylic acids is 1. The zero-order chi connectivity index (χ0) is 15.2. The Balaban J connectivity index is 2.14. The first-order chi connectivity index (χ1) is 10.2. The summed E-state index contributed by atoms with van der Waals surface area (Å²) in [6, 6.07) is 7.63. The molecule has 0 radical (unpaired) electrons. The van der Waals surface area contributed by atoms with Crippen molar-refractivity contribution in [2.24, 2.45) is 5.10 Å². The van der Waals surface area contributed by atoms with Crippen LogP contribution in [0.3, 0.4) is 0 Å². The van der Waals surface area contributed by atoms with E-state index in [1.165, 1.54) is 7.11 Å². The summed E-state index contributed by atoms with van der Waals surface area (Å²) < 4.78 is 10.2. The highest BCUT2D eigenvalue weighted by molar-refractivity contribution is 6.31. The zero-order valence-corrected chi connectivity index (χ0v) is 12.8. The fourth-order valence-electron chi connectivity index (χ4n) is 1.99. The van der Waals surface area contributed by atoms with Gasteiger partial charge in [-0.05, 0) is 17.7 Å². The number of allylic oxidation sites excluding steroid dienone is 1. The van der Waals surface area contributed by atoms with Crippen LogP contribution < -0.4 is 4.74 Å². The summed E-state index contributed by atoms with van der Waals surface area (Å²) in [6.07, 6.45) is 1.59. The van der Waals surface area contributed by atoms with Crippen LogP contribution in [0.2, 0.25) is 0 Å². The van der Waals surface area contributed by atoms with E-state index in [-0.39, 0.29) is 24.0 Å². The largest absolute Gasteiger partial charge is 0.497 e. The number of Topliss-reactive ketones (excluding diaryl/α,β-unsaturated/α-hetero) is 1. The van der Waals surface area contributed by atoms with Crippen molar-refractivity contribution in [2.45, 2.75) is 6.54 Å². The molecule has 1 aromatic rings. The Hall–Kier alpha value is -2.01. The van der Waals surface area contributed by atoms with Crippen molar-refractivity contribution in [1.82, 2.24) is 5.01 Å². The number of nitrogens with zero attached hydrogens (tertiary/aromatic N) is 2. The summed E-state index contributed by atoms with van der Waals surface area (Å²) in [5.74, 6) is 1.18. The van der Waals surface area contributed by atoms with Crippen LogP contribution in [0.15, 0.2) is 41.2 Å². The molecule has 1 heterocycles. The van der Waals surface area contributed by atoms with E-state index in [1.54, 1.807) is 18.2 Å². The standard InChI is InChI=1S/C15H17ClN2O3/c1-20-13-5-3-11(4-6-13)9-18-10-14(19)15(21-2)7-12(8-16)17-18/h3-7H,8-10H2,1-2H3. The van der Waals surface area contributed by atoms with Crippen LogP contribution in [0.1, 0.15) is 5.56 Å². The summed E-state index contributed by atoms with van der Waals surface area (Å²) in [5.41, 5.74) is 1.63. The molecule has 0 bridgehead atoms. The second-order valence-corrected chi connectivity index (χ2v) is 4.80. The predicted octanol–water partition coefficient (Wildman–Crippen LogP) is 2.21. The second-order valence-electron chi connectivity index (χ2n) is 4.53. The highest BCUT2D eigenvalue weighted by Gasteiger charge is 2.19. The molecular weight excluding hydrogens is 292 g/mol. The lowest BCUT2D eigenvalue weighted by Gasteiger charge is -2.18. The maximum atomic E-state index is 12.0. The molecule has 0 saturated heterocycles. The van der Waals surface area contributed by atoms with Gasteiger partial charge in [0.15, 0.2) is 5.76 Å². The van der Waals surface area contributed by atoms with Crippen molar-refractivity contribution in [3.8, 4) is 5.75 Å². The fraction of sp³-hybridized carbons (Fsp3) is 0.333. The van der Waals surface area contributed by atoms with E-state index >= 15 is 0 Å². The van der Waals surface area contributed by atoms with Crippen molar-refractivity contribution in [2.75, 3.05) is 26.6 Å². The van der Waals surface area contributed by atoms with Crippen LogP contribution in [0, 0.1) is 0 Å². The third kappa shape index (κ3) is 3.98. The van der Waals surface area contributed by atoms with Crippen molar-refractivity contribution < 1.29 is 14.3 Å². The van der Waals surface area contributed by atoms with Crippen LogP contribution in [-0.2, 0) is 16.1 Å². The number of benzene rings is 1. The Morgan fingerprint density at radius 2 is 1.95 bits per heavy atom. The molecule has 112 valence electrons. The van der Waals surface area contributed by atoms with Crippen LogP contribution in [0.25, 0.3) is 0 Å². The third-order valence-corrected chi connectivity index (χ3v) is 3.32. The van der Waals surface area contributed by atoms with Crippen molar-refractivity contribution in [3.05, 3.63) is 41.7 Å². The first kappa shape index (κ1) is 15.4. The average Bonchev–Trinajstić information content (AvgIpc) is 2.66. The maximum Gasteiger partial charge on any atom is 0.218 e. The van der Waals surface area contributed by atoms with Gasteiger partial charge in [-0.2, -0.15) is 5.10 Å². The molecule has 1 aliphatic rings. The van der Waals surface area contributed by atoms with Gasteiger partial charge in [-0.1, -0.05) is 12.1 Å². The smallest absolute Gasteiger partial charge is 0.218 e. The number of alkyl halides is 1. The number of hydrogen-bond donors (Lipinski definition) is 0. The molecule has 5 nitrogen and oxygen atoms in total. The maximum absolute atomic E-state index is 12.0. The highest BCUT2D eigenvalue weighted by atomic mass is 35.5. The van der Waals surface area contributed by atoms with Gasteiger partial charge in [0.25, 0.3) is 0 Å². The Labute approximate surface area is 128 Å². The lowest BCUT2D eigenvalue weighted by Crippen LogP contribution is -2.25. The summed E-state index contributed by atoms with van der Waals surface area (Å²) in [7, 11) is 3.09.